The van der Waals surface area contributed by atoms with Gasteiger partial charge in [-0.1, -0.05) is 0 Å². The molecule has 1 amide bonds. The number of carbonyl (C=O) groups excluding carboxylic acids is 1. The van der Waals surface area contributed by atoms with Crippen molar-refractivity contribution in [1.29, 1.82) is 0 Å². The van der Waals surface area contributed by atoms with Crippen LogP contribution in [0, 0.1) is 5.82 Å². The summed E-state index contributed by atoms with van der Waals surface area (Å²) in [6.07, 6.45) is 11.2. The van der Waals surface area contributed by atoms with Crippen LogP contribution in [0.3, 0.4) is 0 Å². The molecule has 3 aliphatic rings. The second kappa shape index (κ2) is 14.5. The lowest BCUT2D eigenvalue weighted by Gasteiger charge is -2.38. The van der Waals surface area contributed by atoms with Crippen LogP contribution in [0.1, 0.15) is 80.5 Å². The van der Waals surface area contributed by atoms with Gasteiger partial charge in [0.05, 0.1) is 17.5 Å². The zero-order chi connectivity index (χ0) is 33.1. The molecular formula is C36H48FN7O3. The number of amides is 1. The maximum atomic E-state index is 14.3. The number of ether oxygens (including phenoxy) is 2. The number of carbonyl (C=O) groups is 1. The van der Waals surface area contributed by atoms with Gasteiger partial charge in [0.25, 0.3) is 5.91 Å². The molecule has 0 radical (unpaired) electrons. The molecule has 0 saturated carbocycles. The van der Waals surface area contributed by atoms with Gasteiger partial charge in [-0.15, -0.1) is 0 Å². The average Bonchev–Trinajstić information content (AvgIpc) is 3.48. The Morgan fingerprint density at radius 3 is 2.60 bits per heavy atom. The summed E-state index contributed by atoms with van der Waals surface area (Å²) in [5, 5.41) is 0. The van der Waals surface area contributed by atoms with Gasteiger partial charge in [0.2, 0.25) is 0 Å². The molecular weight excluding hydrogens is 597 g/mol. The van der Waals surface area contributed by atoms with Gasteiger partial charge in [-0.05, 0) is 84.9 Å². The van der Waals surface area contributed by atoms with E-state index < -0.39 is 5.82 Å². The fraction of sp³-hybridized carbons (Fsp3) is 0.556. The minimum Gasteiger partial charge on any atom is -0.490 e. The van der Waals surface area contributed by atoms with E-state index >= 15 is 0 Å². The van der Waals surface area contributed by atoms with Crippen LogP contribution in [0.5, 0.6) is 17.2 Å². The van der Waals surface area contributed by atoms with Gasteiger partial charge < -0.3 is 24.2 Å². The lowest BCUT2D eigenvalue weighted by molar-refractivity contribution is 0.0713. The number of anilines is 1. The first-order chi connectivity index (χ1) is 22.7. The SMILES string of the molecule is CCN(C(=O)c1cc(F)ccc1Oc1cncnc1N1CCC(Oc2ccnc3c2[C@H]2CC[C@@H](CCN(C)C)N2CC3)CC1)C(C)C. The summed E-state index contributed by atoms with van der Waals surface area (Å²) in [7, 11) is 4.30. The highest BCUT2D eigenvalue weighted by molar-refractivity contribution is 5.97. The van der Waals surface area contributed by atoms with Gasteiger partial charge in [0, 0.05) is 75.3 Å². The van der Waals surface area contributed by atoms with Crippen molar-refractivity contribution in [2.24, 2.45) is 0 Å². The molecule has 3 aliphatic heterocycles. The van der Waals surface area contributed by atoms with Gasteiger partial charge in [0.1, 0.15) is 29.7 Å². The number of hydrogen-bond acceptors (Lipinski definition) is 9. The highest BCUT2D eigenvalue weighted by Crippen LogP contribution is 2.45. The highest BCUT2D eigenvalue weighted by atomic mass is 19.1. The minimum atomic E-state index is -0.493. The average molecular weight is 646 g/mol. The predicted molar refractivity (Wildman–Crippen MR) is 180 cm³/mol. The molecule has 47 heavy (non-hydrogen) atoms. The van der Waals surface area contributed by atoms with Gasteiger partial charge in [0.15, 0.2) is 11.6 Å². The molecule has 6 rings (SSSR count). The molecule has 5 heterocycles. The predicted octanol–water partition coefficient (Wildman–Crippen LogP) is 5.73. The fourth-order valence-corrected chi connectivity index (χ4v) is 7.45. The number of benzene rings is 1. The van der Waals surface area contributed by atoms with E-state index in [2.05, 4.69) is 44.8 Å². The quantitative estimate of drug-likeness (QED) is 0.259. The first-order valence-corrected chi connectivity index (χ1v) is 17.1. The fourth-order valence-electron chi connectivity index (χ4n) is 7.45. The summed E-state index contributed by atoms with van der Waals surface area (Å²) in [6, 6.07) is 7.04. The molecule has 10 nitrogen and oxygen atoms in total. The van der Waals surface area contributed by atoms with E-state index in [0.717, 1.165) is 57.6 Å². The highest BCUT2D eigenvalue weighted by Gasteiger charge is 2.40. The number of piperidine rings is 1. The Bertz CT molecular complexity index is 1540. The second-order valence-corrected chi connectivity index (χ2v) is 13.4. The second-order valence-electron chi connectivity index (χ2n) is 13.4. The van der Waals surface area contributed by atoms with Crippen LogP contribution in [-0.2, 0) is 6.42 Å². The number of rotatable bonds is 11. The van der Waals surface area contributed by atoms with Crippen molar-refractivity contribution in [2.45, 2.75) is 83.5 Å². The number of nitrogens with zero attached hydrogens (tertiary/aromatic N) is 7. The summed E-state index contributed by atoms with van der Waals surface area (Å²) in [6.45, 7) is 9.90. The van der Waals surface area contributed by atoms with Crippen molar-refractivity contribution < 1.29 is 18.7 Å². The van der Waals surface area contributed by atoms with Crippen molar-refractivity contribution >= 4 is 11.7 Å². The molecule has 1 aromatic carbocycles. The topological polar surface area (TPSA) is 87.2 Å². The van der Waals surface area contributed by atoms with E-state index in [-0.39, 0.29) is 29.4 Å². The summed E-state index contributed by atoms with van der Waals surface area (Å²) in [4.78, 5) is 35.8. The summed E-state index contributed by atoms with van der Waals surface area (Å²) < 4.78 is 27.4. The van der Waals surface area contributed by atoms with Crippen LogP contribution in [-0.4, -0.2) is 101 Å². The molecule has 2 aromatic heterocycles. The Hall–Kier alpha value is -3.83. The normalized spacial score (nSPS) is 20.0. The molecule has 3 aromatic rings. The summed E-state index contributed by atoms with van der Waals surface area (Å²) in [5.74, 6) is 1.55. The Morgan fingerprint density at radius 1 is 1.04 bits per heavy atom. The largest absolute Gasteiger partial charge is 0.490 e. The Kier molecular flexibility index (Phi) is 10.2. The Balaban J connectivity index is 1.14. The molecule has 252 valence electrons. The molecule has 0 spiro atoms. The Morgan fingerprint density at radius 2 is 1.85 bits per heavy atom. The van der Waals surface area contributed by atoms with Crippen molar-refractivity contribution in [1.82, 2.24) is 29.7 Å². The lowest BCUT2D eigenvalue weighted by Crippen LogP contribution is -2.40. The van der Waals surface area contributed by atoms with Crippen molar-refractivity contribution in [2.75, 3.05) is 51.7 Å². The molecule has 2 atom stereocenters. The van der Waals surface area contributed by atoms with Gasteiger partial charge in [-0.25, -0.2) is 14.4 Å². The van der Waals surface area contributed by atoms with E-state index in [9.17, 15) is 9.18 Å². The molecule has 0 bridgehead atoms. The van der Waals surface area contributed by atoms with Crippen molar-refractivity contribution in [3.8, 4) is 17.2 Å². The van der Waals surface area contributed by atoms with Crippen LogP contribution in [0.25, 0.3) is 0 Å². The van der Waals surface area contributed by atoms with E-state index in [1.54, 1.807) is 11.1 Å². The van der Waals surface area contributed by atoms with Gasteiger partial charge in [-0.3, -0.25) is 14.7 Å². The molecule has 0 N–H and O–H groups in total. The van der Waals surface area contributed by atoms with Crippen LogP contribution in [0.2, 0.25) is 0 Å². The molecule has 11 heteroatoms. The third-order valence-corrected chi connectivity index (χ3v) is 9.84. The van der Waals surface area contributed by atoms with Gasteiger partial charge >= 0.3 is 0 Å². The van der Waals surface area contributed by atoms with Crippen molar-refractivity contribution in [3.05, 3.63) is 65.6 Å². The first kappa shape index (κ1) is 33.1. The summed E-state index contributed by atoms with van der Waals surface area (Å²) in [5.41, 5.74) is 2.66. The van der Waals surface area contributed by atoms with E-state index in [0.29, 0.717) is 30.2 Å². The lowest BCUT2D eigenvalue weighted by atomic mass is 9.96. The Labute approximate surface area is 277 Å². The molecule has 2 fully saturated rings. The van der Waals surface area contributed by atoms with E-state index in [4.69, 9.17) is 14.5 Å². The number of fused-ring (bicyclic) bond motifs is 3. The number of hydrogen-bond donors (Lipinski definition) is 0. The van der Waals surface area contributed by atoms with E-state index in [1.807, 2.05) is 27.0 Å². The maximum Gasteiger partial charge on any atom is 0.257 e. The third kappa shape index (κ3) is 7.21. The minimum absolute atomic E-state index is 0.0393. The summed E-state index contributed by atoms with van der Waals surface area (Å²) >= 11 is 0. The molecule has 2 saturated heterocycles. The van der Waals surface area contributed by atoms with Crippen LogP contribution < -0.4 is 14.4 Å². The maximum absolute atomic E-state index is 14.3. The smallest absolute Gasteiger partial charge is 0.257 e. The monoisotopic (exact) mass is 645 g/mol. The van der Waals surface area contributed by atoms with Crippen LogP contribution >= 0.6 is 0 Å². The van der Waals surface area contributed by atoms with Gasteiger partial charge in [-0.2, -0.15) is 0 Å². The van der Waals surface area contributed by atoms with Crippen molar-refractivity contribution in [3.63, 3.8) is 0 Å². The standard InChI is InChI=1S/C36H48FN7O3/c1-6-43(24(2)3)36(45)28-21-25(37)7-10-31(28)47-33-22-38-23-40-35(33)42-18-13-27(14-19-42)46-32-11-16-39-29-15-20-44-26(12-17-41(4)5)8-9-30(44)34(29)32/h7,10-11,16,21-24,26-27,30H,6,8-9,12-15,17-20H2,1-5H3/t26-,30+/m0/s1. The third-order valence-electron chi connectivity index (χ3n) is 9.84. The zero-order valence-corrected chi connectivity index (χ0v) is 28.4. The first-order valence-electron chi connectivity index (χ1n) is 17.1. The zero-order valence-electron chi connectivity index (χ0n) is 28.4. The number of pyridine rings is 1. The van der Waals surface area contributed by atoms with Crippen LogP contribution in [0.15, 0.2) is 43.0 Å². The van der Waals surface area contributed by atoms with Crippen LogP contribution in [0.4, 0.5) is 10.2 Å². The molecule has 0 aliphatic carbocycles. The number of aromatic nitrogens is 3. The molecule has 0 unspecified atom stereocenters. The number of halogens is 1. The van der Waals surface area contributed by atoms with E-state index in [1.165, 1.54) is 48.6 Å².